The summed E-state index contributed by atoms with van der Waals surface area (Å²) < 4.78 is 22.0. The van der Waals surface area contributed by atoms with E-state index in [0.717, 1.165) is 22.6 Å². The number of β-amino-alcohol motifs (C(OH)–C–C–N with tert-alkyl or cyclic N) is 1. The fraction of sp³-hybridized carbons (Fsp3) is 0.417. The summed E-state index contributed by atoms with van der Waals surface area (Å²) in [7, 11) is 1.59. The Kier molecular flexibility index (Phi) is 6.71. The fourth-order valence-corrected chi connectivity index (χ4v) is 3.83. The molecule has 0 aliphatic carbocycles. The number of imide groups is 1. The molecular formula is C24H28N2O7. The zero-order valence-corrected chi connectivity index (χ0v) is 18.7. The van der Waals surface area contributed by atoms with Crippen molar-refractivity contribution < 1.29 is 33.6 Å². The van der Waals surface area contributed by atoms with Gasteiger partial charge in [-0.15, -0.1) is 0 Å². The van der Waals surface area contributed by atoms with Gasteiger partial charge in [0.25, 0.3) is 5.91 Å². The van der Waals surface area contributed by atoms with Crippen molar-refractivity contribution in [3.05, 3.63) is 53.6 Å². The molecule has 2 unspecified atom stereocenters. The number of rotatable bonds is 8. The molecule has 0 saturated carbocycles. The zero-order chi connectivity index (χ0) is 23.4. The van der Waals surface area contributed by atoms with Crippen molar-refractivity contribution in [2.75, 3.05) is 33.5 Å². The maximum Gasteiger partial charge on any atom is 0.325 e. The third-order valence-electron chi connectivity index (χ3n) is 5.73. The van der Waals surface area contributed by atoms with Crippen molar-refractivity contribution in [2.45, 2.75) is 31.6 Å². The number of methoxy groups -OCH3 is 1. The van der Waals surface area contributed by atoms with Crippen LogP contribution in [-0.4, -0.2) is 61.5 Å². The fourth-order valence-electron chi connectivity index (χ4n) is 3.83. The number of carbonyl (C=O) groups is 2. The summed E-state index contributed by atoms with van der Waals surface area (Å²) in [6.45, 7) is 2.81. The van der Waals surface area contributed by atoms with Gasteiger partial charge >= 0.3 is 6.03 Å². The van der Waals surface area contributed by atoms with Crippen LogP contribution in [0.25, 0.3) is 0 Å². The Labute approximate surface area is 192 Å². The first-order valence-electron chi connectivity index (χ1n) is 10.8. The lowest BCUT2D eigenvalue weighted by molar-refractivity contribution is -0.132. The number of hydrogen-bond donors (Lipinski definition) is 2. The van der Waals surface area contributed by atoms with E-state index in [1.165, 1.54) is 0 Å². The van der Waals surface area contributed by atoms with Crippen LogP contribution in [0, 0.1) is 0 Å². The maximum absolute atomic E-state index is 13.2. The minimum Gasteiger partial charge on any atom is -0.497 e. The minimum atomic E-state index is -1.27. The number of fused-ring (bicyclic) bond motifs is 1. The molecule has 2 aromatic rings. The molecule has 2 atom stereocenters. The van der Waals surface area contributed by atoms with Crippen molar-refractivity contribution in [1.82, 2.24) is 10.2 Å². The van der Waals surface area contributed by atoms with Gasteiger partial charge in [0.1, 0.15) is 11.3 Å². The van der Waals surface area contributed by atoms with Crippen LogP contribution in [0.5, 0.6) is 17.2 Å². The Morgan fingerprint density at radius 1 is 1.12 bits per heavy atom. The van der Waals surface area contributed by atoms with E-state index in [4.69, 9.17) is 18.9 Å². The second-order valence-electron chi connectivity index (χ2n) is 8.20. The van der Waals surface area contributed by atoms with Gasteiger partial charge in [-0.1, -0.05) is 18.2 Å². The molecule has 9 heteroatoms. The van der Waals surface area contributed by atoms with Crippen LogP contribution in [0.15, 0.2) is 42.5 Å². The van der Waals surface area contributed by atoms with E-state index in [0.29, 0.717) is 30.3 Å². The number of urea groups is 1. The molecule has 3 amide bonds. The smallest absolute Gasteiger partial charge is 0.325 e. The first kappa shape index (κ1) is 22.9. The van der Waals surface area contributed by atoms with Gasteiger partial charge < -0.3 is 29.4 Å². The maximum atomic E-state index is 13.2. The SMILES string of the molecule is COc1ccc(COCC(O)CN2C(=O)NC(C)(c3ccc4c(c3)OCCCO4)C2=O)cc1. The average Bonchev–Trinajstić information content (AvgIpc) is 2.97. The Morgan fingerprint density at radius 3 is 2.58 bits per heavy atom. The number of carbonyl (C=O) groups excluding carboxylic acids is 2. The summed E-state index contributed by atoms with van der Waals surface area (Å²) in [6, 6.07) is 12.0. The van der Waals surface area contributed by atoms with Crippen LogP contribution in [0.4, 0.5) is 4.79 Å². The molecule has 1 fully saturated rings. The minimum absolute atomic E-state index is 0.0240. The lowest BCUT2D eigenvalue weighted by Gasteiger charge is -2.24. The van der Waals surface area contributed by atoms with E-state index in [2.05, 4.69) is 5.32 Å². The van der Waals surface area contributed by atoms with Gasteiger partial charge in [-0.3, -0.25) is 9.69 Å². The van der Waals surface area contributed by atoms with Crippen LogP contribution in [-0.2, 0) is 21.7 Å². The van der Waals surface area contributed by atoms with Gasteiger partial charge in [-0.2, -0.15) is 0 Å². The number of benzene rings is 2. The van der Waals surface area contributed by atoms with Gasteiger partial charge in [-0.25, -0.2) is 4.79 Å². The topological polar surface area (TPSA) is 107 Å². The first-order valence-corrected chi connectivity index (χ1v) is 10.8. The summed E-state index contributed by atoms with van der Waals surface area (Å²) in [6.07, 6.45) is -0.257. The number of hydrogen-bond acceptors (Lipinski definition) is 7. The van der Waals surface area contributed by atoms with E-state index in [9.17, 15) is 14.7 Å². The highest BCUT2D eigenvalue weighted by atomic mass is 16.5. The third kappa shape index (κ3) is 4.89. The van der Waals surface area contributed by atoms with E-state index < -0.39 is 23.6 Å². The Hall–Kier alpha value is -3.30. The lowest BCUT2D eigenvalue weighted by atomic mass is 9.91. The van der Waals surface area contributed by atoms with Gasteiger partial charge in [0, 0.05) is 6.42 Å². The van der Waals surface area contributed by atoms with Gasteiger partial charge in [0.05, 0.1) is 46.2 Å². The molecule has 0 bridgehead atoms. The molecule has 2 heterocycles. The molecule has 9 nitrogen and oxygen atoms in total. The summed E-state index contributed by atoms with van der Waals surface area (Å²) in [5.74, 6) is 1.45. The molecule has 1 saturated heterocycles. The number of nitrogens with zero attached hydrogens (tertiary/aromatic N) is 1. The van der Waals surface area contributed by atoms with Crippen molar-refractivity contribution in [3.63, 3.8) is 0 Å². The average molecular weight is 456 g/mol. The second-order valence-corrected chi connectivity index (χ2v) is 8.20. The number of ether oxygens (including phenoxy) is 4. The quantitative estimate of drug-likeness (QED) is 0.587. The lowest BCUT2D eigenvalue weighted by Crippen LogP contribution is -2.42. The van der Waals surface area contributed by atoms with Gasteiger partial charge in [0.15, 0.2) is 11.5 Å². The second kappa shape index (κ2) is 9.68. The predicted octanol–water partition coefficient (Wildman–Crippen LogP) is 2.20. The largest absolute Gasteiger partial charge is 0.497 e. The van der Waals surface area contributed by atoms with Gasteiger partial charge in [-0.05, 0) is 42.3 Å². The third-order valence-corrected chi connectivity index (χ3v) is 5.73. The summed E-state index contributed by atoms with van der Waals surface area (Å²) in [5, 5.41) is 13.1. The zero-order valence-electron chi connectivity index (χ0n) is 18.7. The highest BCUT2D eigenvalue weighted by molar-refractivity contribution is 6.07. The normalized spacial score (nSPS) is 20.9. The predicted molar refractivity (Wildman–Crippen MR) is 118 cm³/mol. The molecule has 2 aliphatic rings. The van der Waals surface area contributed by atoms with Crippen LogP contribution < -0.4 is 19.5 Å². The number of nitrogens with one attached hydrogen (secondary N) is 1. The number of aliphatic hydroxyl groups is 1. The van der Waals surface area contributed by atoms with Crippen molar-refractivity contribution in [2.24, 2.45) is 0 Å². The summed E-state index contributed by atoms with van der Waals surface area (Å²) >= 11 is 0. The molecule has 33 heavy (non-hydrogen) atoms. The van der Waals surface area contributed by atoms with Crippen LogP contribution >= 0.6 is 0 Å². The van der Waals surface area contributed by atoms with Crippen molar-refractivity contribution >= 4 is 11.9 Å². The van der Waals surface area contributed by atoms with Crippen molar-refractivity contribution in [3.8, 4) is 17.2 Å². The highest BCUT2D eigenvalue weighted by Crippen LogP contribution is 2.36. The van der Waals surface area contributed by atoms with Crippen LogP contribution in [0.2, 0.25) is 0 Å². The van der Waals surface area contributed by atoms with Crippen LogP contribution in [0.3, 0.4) is 0 Å². The molecule has 4 rings (SSSR count). The number of amides is 3. The Bertz CT molecular complexity index is 1010. The van der Waals surface area contributed by atoms with Crippen molar-refractivity contribution in [1.29, 1.82) is 0 Å². The molecule has 0 aromatic heterocycles. The summed E-state index contributed by atoms with van der Waals surface area (Å²) in [4.78, 5) is 26.8. The Morgan fingerprint density at radius 2 is 1.85 bits per heavy atom. The highest BCUT2D eigenvalue weighted by Gasteiger charge is 2.49. The van der Waals surface area contributed by atoms with Gasteiger partial charge in [0.2, 0.25) is 0 Å². The molecule has 0 spiro atoms. The standard InChI is InChI=1S/C24H28N2O7/c1-24(17-6-9-20-21(12-17)33-11-3-10-32-20)22(28)26(23(29)25-24)13-18(27)15-31-14-16-4-7-19(30-2)8-5-16/h4-9,12,18,27H,3,10-11,13-15H2,1-2H3,(H,25,29). The summed E-state index contributed by atoms with van der Waals surface area (Å²) in [5.41, 5.74) is 0.226. The monoisotopic (exact) mass is 456 g/mol. The molecule has 2 aromatic carbocycles. The number of aliphatic hydroxyl groups excluding tert-OH is 1. The van der Waals surface area contributed by atoms with Crippen LogP contribution in [0.1, 0.15) is 24.5 Å². The van der Waals surface area contributed by atoms with E-state index in [-0.39, 0.29) is 19.8 Å². The molecule has 176 valence electrons. The molecular weight excluding hydrogens is 428 g/mol. The van der Waals surface area contributed by atoms with E-state index in [1.807, 2.05) is 24.3 Å². The molecule has 2 N–H and O–H groups in total. The Balaban J connectivity index is 1.36. The first-order chi connectivity index (χ1) is 15.9. The molecule has 2 aliphatic heterocycles. The molecule has 0 radical (unpaired) electrons. The van der Waals surface area contributed by atoms with E-state index >= 15 is 0 Å². The van der Waals surface area contributed by atoms with E-state index in [1.54, 1.807) is 32.2 Å².